The standard InChI is InChI=1S/C12H20N2/c13-10-12(14-8-4-5-9-14)11-6-2-1-3-7-11/h4-5,8-9,11-12H,1-3,6-7,10,13H2. The maximum atomic E-state index is 5.87. The van der Waals surface area contributed by atoms with Crippen molar-refractivity contribution >= 4 is 0 Å². The average Bonchev–Trinajstić information content (AvgIpc) is 2.74. The topological polar surface area (TPSA) is 30.9 Å². The summed E-state index contributed by atoms with van der Waals surface area (Å²) in [6.45, 7) is 0.777. The van der Waals surface area contributed by atoms with Gasteiger partial charge in [-0.15, -0.1) is 0 Å². The summed E-state index contributed by atoms with van der Waals surface area (Å²) in [4.78, 5) is 0. The van der Waals surface area contributed by atoms with Gasteiger partial charge in [0.05, 0.1) is 0 Å². The first-order valence-electron chi connectivity index (χ1n) is 5.74. The van der Waals surface area contributed by atoms with E-state index in [0.29, 0.717) is 6.04 Å². The maximum Gasteiger partial charge on any atom is 0.0481 e. The van der Waals surface area contributed by atoms with E-state index in [4.69, 9.17) is 5.73 Å². The summed E-state index contributed by atoms with van der Waals surface area (Å²) in [7, 11) is 0. The zero-order valence-corrected chi connectivity index (χ0v) is 8.73. The van der Waals surface area contributed by atoms with Gasteiger partial charge in [-0.1, -0.05) is 19.3 Å². The smallest absolute Gasteiger partial charge is 0.0481 e. The molecule has 1 fully saturated rings. The van der Waals surface area contributed by atoms with Crippen LogP contribution in [0.1, 0.15) is 38.1 Å². The second kappa shape index (κ2) is 4.65. The van der Waals surface area contributed by atoms with Gasteiger partial charge in [0.15, 0.2) is 0 Å². The van der Waals surface area contributed by atoms with Crippen LogP contribution in [0, 0.1) is 5.92 Å². The Hall–Kier alpha value is -0.760. The van der Waals surface area contributed by atoms with Gasteiger partial charge in [0.1, 0.15) is 0 Å². The first-order valence-corrected chi connectivity index (χ1v) is 5.74. The van der Waals surface area contributed by atoms with Gasteiger partial charge >= 0.3 is 0 Å². The minimum absolute atomic E-state index is 0.533. The van der Waals surface area contributed by atoms with E-state index in [-0.39, 0.29) is 0 Å². The van der Waals surface area contributed by atoms with Crippen molar-refractivity contribution in [1.82, 2.24) is 4.57 Å². The second-order valence-electron chi connectivity index (χ2n) is 4.33. The molecular weight excluding hydrogens is 172 g/mol. The van der Waals surface area contributed by atoms with Crippen LogP contribution in [0.25, 0.3) is 0 Å². The van der Waals surface area contributed by atoms with Crippen LogP contribution in [0.5, 0.6) is 0 Å². The first-order chi connectivity index (χ1) is 6.92. The molecule has 2 rings (SSSR count). The van der Waals surface area contributed by atoms with E-state index in [1.807, 2.05) is 0 Å². The third-order valence-corrected chi connectivity index (χ3v) is 3.45. The van der Waals surface area contributed by atoms with Crippen LogP contribution in [-0.4, -0.2) is 11.1 Å². The van der Waals surface area contributed by atoms with Crippen molar-refractivity contribution < 1.29 is 0 Å². The highest BCUT2D eigenvalue weighted by Gasteiger charge is 2.22. The molecule has 1 aromatic heterocycles. The third kappa shape index (κ3) is 2.01. The zero-order valence-electron chi connectivity index (χ0n) is 8.73. The van der Waals surface area contributed by atoms with Crippen LogP contribution in [-0.2, 0) is 0 Å². The van der Waals surface area contributed by atoms with E-state index >= 15 is 0 Å². The van der Waals surface area contributed by atoms with Crippen molar-refractivity contribution in [3.8, 4) is 0 Å². The molecule has 1 saturated carbocycles. The molecule has 0 radical (unpaired) electrons. The van der Waals surface area contributed by atoms with E-state index in [1.54, 1.807) is 0 Å². The van der Waals surface area contributed by atoms with E-state index in [0.717, 1.165) is 12.5 Å². The van der Waals surface area contributed by atoms with Crippen molar-refractivity contribution in [3.63, 3.8) is 0 Å². The van der Waals surface area contributed by atoms with Gasteiger partial charge in [0, 0.05) is 25.0 Å². The largest absolute Gasteiger partial charge is 0.350 e. The molecule has 1 aliphatic rings. The van der Waals surface area contributed by atoms with Crippen LogP contribution in [0.4, 0.5) is 0 Å². The lowest BCUT2D eigenvalue weighted by Gasteiger charge is -2.30. The molecule has 0 amide bonds. The highest BCUT2D eigenvalue weighted by Crippen LogP contribution is 2.32. The Morgan fingerprint density at radius 2 is 1.79 bits per heavy atom. The average molecular weight is 192 g/mol. The molecule has 1 unspecified atom stereocenters. The summed E-state index contributed by atoms with van der Waals surface area (Å²) in [5.74, 6) is 0.807. The minimum Gasteiger partial charge on any atom is -0.350 e. The van der Waals surface area contributed by atoms with E-state index in [2.05, 4.69) is 29.1 Å². The molecule has 0 spiro atoms. The SMILES string of the molecule is NCC(C1CCCCC1)n1cccc1. The number of hydrogen-bond donors (Lipinski definition) is 1. The fourth-order valence-corrected chi connectivity index (χ4v) is 2.65. The summed E-state index contributed by atoms with van der Waals surface area (Å²) in [6.07, 6.45) is 11.2. The van der Waals surface area contributed by atoms with Crippen LogP contribution < -0.4 is 5.73 Å². The Labute approximate surface area is 86.1 Å². The lowest BCUT2D eigenvalue weighted by molar-refractivity contribution is 0.254. The maximum absolute atomic E-state index is 5.87. The van der Waals surface area contributed by atoms with Crippen molar-refractivity contribution in [2.24, 2.45) is 11.7 Å². The number of hydrogen-bond acceptors (Lipinski definition) is 1. The quantitative estimate of drug-likeness (QED) is 0.784. The van der Waals surface area contributed by atoms with Gasteiger partial charge < -0.3 is 10.3 Å². The molecule has 1 heterocycles. The molecule has 0 aliphatic heterocycles. The summed E-state index contributed by atoms with van der Waals surface area (Å²) in [5, 5.41) is 0. The minimum atomic E-state index is 0.533. The predicted octanol–water partition coefficient (Wildman–Crippen LogP) is 2.57. The number of rotatable bonds is 3. The fourth-order valence-electron chi connectivity index (χ4n) is 2.65. The molecule has 0 aromatic carbocycles. The Morgan fingerprint density at radius 3 is 2.36 bits per heavy atom. The van der Waals surface area contributed by atoms with Crippen LogP contribution in [0.15, 0.2) is 24.5 Å². The molecule has 2 N–H and O–H groups in total. The predicted molar refractivity (Wildman–Crippen MR) is 59.1 cm³/mol. The fraction of sp³-hybridized carbons (Fsp3) is 0.667. The normalized spacial score (nSPS) is 20.9. The lowest BCUT2D eigenvalue weighted by atomic mass is 9.84. The van der Waals surface area contributed by atoms with Crippen LogP contribution in [0.2, 0.25) is 0 Å². The molecule has 1 aliphatic carbocycles. The second-order valence-corrected chi connectivity index (χ2v) is 4.33. The number of aromatic nitrogens is 1. The lowest BCUT2D eigenvalue weighted by Crippen LogP contribution is -2.27. The number of nitrogens with two attached hydrogens (primary N) is 1. The van der Waals surface area contributed by atoms with Gasteiger partial charge in [-0.05, 0) is 30.9 Å². The van der Waals surface area contributed by atoms with Crippen molar-refractivity contribution in [3.05, 3.63) is 24.5 Å². The molecule has 14 heavy (non-hydrogen) atoms. The van der Waals surface area contributed by atoms with Gasteiger partial charge in [0.25, 0.3) is 0 Å². The summed E-state index contributed by atoms with van der Waals surface area (Å²) >= 11 is 0. The van der Waals surface area contributed by atoms with Crippen molar-refractivity contribution in [2.75, 3.05) is 6.54 Å². The highest BCUT2D eigenvalue weighted by atomic mass is 15.0. The molecule has 0 bridgehead atoms. The van der Waals surface area contributed by atoms with E-state index in [9.17, 15) is 0 Å². The molecule has 2 nitrogen and oxygen atoms in total. The summed E-state index contributed by atoms with van der Waals surface area (Å²) in [6, 6.07) is 4.71. The van der Waals surface area contributed by atoms with Crippen molar-refractivity contribution in [2.45, 2.75) is 38.1 Å². The van der Waals surface area contributed by atoms with Crippen LogP contribution in [0.3, 0.4) is 0 Å². The van der Waals surface area contributed by atoms with Gasteiger partial charge in [-0.25, -0.2) is 0 Å². The Bertz CT molecular complexity index is 247. The molecule has 1 atom stereocenters. The monoisotopic (exact) mass is 192 g/mol. The van der Waals surface area contributed by atoms with Crippen LogP contribution >= 0.6 is 0 Å². The Balaban J connectivity index is 2.04. The Kier molecular flexibility index (Phi) is 3.25. The molecule has 78 valence electrons. The number of nitrogens with zero attached hydrogens (tertiary/aromatic N) is 1. The third-order valence-electron chi connectivity index (χ3n) is 3.45. The summed E-state index contributed by atoms with van der Waals surface area (Å²) < 4.78 is 2.29. The van der Waals surface area contributed by atoms with Gasteiger partial charge in [-0.2, -0.15) is 0 Å². The first kappa shape index (κ1) is 9.78. The molecule has 1 aromatic rings. The molecular formula is C12H20N2. The van der Waals surface area contributed by atoms with Gasteiger partial charge in [-0.3, -0.25) is 0 Å². The van der Waals surface area contributed by atoms with Gasteiger partial charge in [0.2, 0.25) is 0 Å². The zero-order chi connectivity index (χ0) is 9.80. The Morgan fingerprint density at radius 1 is 1.14 bits per heavy atom. The highest BCUT2D eigenvalue weighted by molar-refractivity contribution is 4.95. The molecule has 0 saturated heterocycles. The van der Waals surface area contributed by atoms with E-state index in [1.165, 1.54) is 32.1 Å². The summed E-state index contributed by atoms with van der Waals surface area (Å²) in [5.41, 5.74) is 5.87. The van der Waals surface area contributed by atoms with E-state index < -0.39 is 0 Å². The molecule has 2 heteroatoms. The van der Waals surface area contributed by atoms with Crippen molar-refractivity contribution in [1.29, 1.82) is 0 Å².